The predicted octanol–water partition coefficient (Wildman–Crippen LogP) is 2.72. The van der Waals surface area contributed by atoms with Gasteiger partial charge in [-0.2, -0.15) is 0 Å². The molecule has 0 amide bonds. The third kappa shape index (κ3) is 6.87. The minimum atomic E-state index is 0.549. The summed E-state index contributed by atoms with van der Waals surface area (Å²) in [6, 6.07) is 9.38. The maximum absolute atomic E-state index is 4.39. The fourth-order valence-corrected chi connectivity index (χ4v) is 3.47. The van der Waals surface area contributed by atoms with Crippen LogP contribution >= 0.6 is 0 Å². The van der Waals surface area contributed by atoms with Crippen LogP contribution in [0.4, 0.5) is 5.69 Å². The second-order valence-electron chi connectivity index (χ2n) is 7.42. The van der Waals surface area contributed by atoms with Crippen molar-refractivity contribution < 1.29 is 0 Å². The number of benzene rings is 1. The van der Waals surface area contributed by atoms with Gasteiger partial charge in [-0.1, -0.05) is 19.1 Å². The summed E-state index contributed by atoms with van der Waals surface area (Å²) in [5, 5.41) is 7.06. The Morgan fingerprint density at radius 3 is 2.46 bits per heavy atom. The van der Waals surface area contributed by atoms with E-state index in [0.717, 1.165) is 25.3 Å². The molecule has 1 aromatic carbocycles. The second-order valence-corrected chi connectivity index (χ2v) is 7.42. The molecule has 0 aromatic heterocycles. The lowest BCUT2D eigenvalue weighted by Crippen LogP contribution is -2.48. The highest BCUT2D eigenvalue weighted by Gasteiger charge is 2.19. The Balaban J connectivity index is 1.64. The van der Waals surface area contributed by atoms with Gasteiger partial charge in [0.15, 0.2) is 5.96 Å². The van der Waals surface area contributed by atoms with E-state index in [0.29, 0.717) is 6.04 Å². The topological polar surface area (TPSA) is 42.9 Å². The summed E-state index contributed by atoms with van der Waals surface area (Å²) in [5.41, 5.74) is 2.64. The zero-order valence-corrected chi connectivity index (χ0v) is 17.1. The van der Waals surface area contributed by atoms with Crippen LogP contribution in [-0.2, 0) is 6.42 Å². The number of guanidine groups is 1. The lowest BCUT2D eigenvalue weighted by atomic mass is 10.1. The molecular weight excluding hydrogens is 322 g/mol. The highest BCUT2D eigenvalue weighted by molar-refractivity contribution is 5.79. The van der Waals surface area contributed by atoms with Crippen molar-refractivity contribution in [2.45, 2.75) is 45.1 Å². The summed E-state index contributed by atoms with van der Waals surface area (Å²) in [7, 11) is 6.01. The third-order valence-corrected chi connectivity index (χ3v) is 5.08. The average molecular weight is 360 g/mol. The van der Waals surface area contributed by atoms with E-state index in [2.05, 4.69) is 70.7 Å². The Morgan fingerprint density at radius 2 is 1.88 bits per heavy atom. The van der Waals surface area contributed by atoms with Crippen LogP contribution in [0.25, 0.3) is 0 Å². The summed E-state index contributed by atoms with van der Waals surface area (Å²) in [6.45, 7) is 6.84. The van der Waals surface area contributed by atoms with Crippen molar-refractivity contribution in [1.82, 2.24) is 15.5 Å². The molecule has 0 atom stereocenters. The summed E-state index contributed by atoms with van der Waals surface area (Å²) in [4.78, 5) is 9.09. The smallest absolute Gasteiger partial charge is 0.191 e. The number of likely N-dealkylation sites (tertiary alicyclic amines) is 1. The van der Waals surface area contributed by atoms with Gasteiger partial charge in [0.05, 0.1) is 0 Å². The summed E-state index contributed by atoms with van der Waals surface area (Å²) >= 11 is 0. The predicted molar refractivity (Wildman–Crippen MR) is 113 cm³/mol. The van der Waals surface area contributed by atoms with Crippen molar-refractivity contribution >= 4 is 11.6 Å². The summed E-state index contributed by atoms with van der Waals surface area (Å²) in [5.74, 6) is 0.946. The Kier molecular flexibility index (Phi) is 8.75. The lowest BCUT2D eigenvalue weighted by Gasteiger charge is -2.32. The van der Waals surface area contributed by atoms with E-state index >= 15 is 0 Å². The van der Waals surface area contributed by atoms with Crippen molar-refractivity contribution in [2.75, 3.05) is 52.2 Å². The molecule has 1 aliphatic heterocycles. The normalized spacial score (nSPS) is 16.5. The highest BCUT2D eigenvalue weighted by Crippen LogP contribution is 2.13. The van der Waals surface area contributed by atoms with Crippen LogP contribution in [0.1, 0.15) is 38.2 Å². The first-order chi connectivity index (χ1) is 12.6. The Labute approximate surface area is 159 Å². The zero-order valence-electron chi connectivity index (χ0n) is 17.1. The molecule has 146 valence electrons. The SMILES string of the molecule is CCCN1CCC(NC(=NC)NCCCc2ccc(N(C)C)cc2)CC1. The van der Waals surface area contributed by atoms with Gasteiger partial charge in [0.2, 0.25) is 0 Å². The average Bonchev–Trinajstić information content (AvgIpc) is 2.66. The maximum atomic E-state index is 4.39. The Hall–Kier alpha value is -1.75. The van der Waals surface area contributed by atoms with Crippen molar-refractivity contribution in [1.29, 1.82) is 0 Å². The molecule has 0 aliphatic carbocycles. The van der Waals surface area contributed by atoms with E-state index in [-0.39, 0.29) is 0 Å². The van der Waals surface area contributed by atoms with E-state index in [4.69, 9.17) is 0 Å². The van der Waals surface area contributed by atoms with Gasteiger partial charge in [-0.3, -0.25) is 4.99 Å². The first-order valence-electron chi connectivity index (χ1n) is 10.1. The maximum Gasteiger partial charge on any atom is 0.191 e. The molecule has 5 heteroatoms. The van der Waals surface area contributed by atoms with Crippen LogP contribution in [0, 0.1) is 0 Å². The van der Waals surface area contributed by atoms with E-state index in [1.165, 1.54) is 50.1 Å². The molecule has 0 spiro atoms. The number of aryl methyl sites for hydroxylation is 1. The second kappa shape index (κ2) is 11.1. The standard InChI is InChI=1S/C21H37N5/c1-5-15-26-16-12-19(13-17-26)24-21(22-2)23-14-6-7-18-8-10-20(11-9-18)25(3)4/h8-11,19H,5-7,12-17H2,1-4H3,(H2,22,23,24). The molecule has 2 rings (SSSR count). The van der Waals surface area contributed by atoms with Gasteiger partial charge in [0.1, 0.15) is 0 Å². The molecule has 0 bridgehead atoms. The molecule has 1 saturated heterocycles. The van der Waals surface area contributed by atoms with Crippen LogP contribution in [0.3, 0.4) is 0 Å². The number of nitrogens with one attached hydrogen (secondary N) is 2. The molecule has 0 radical (unpaired) electrons. The molecule has 1 heterocycles. The van der Waals surface area contributed by atoms with Gasteiger partial charge in [0.25, 0.3) is 0 Å². The van der Waals surface area contributed by atoms with Gasteiger partial charge < -0.3 is 20.4 Å². The largest absolute Gasteiger partial charge is 0.378 e. The molecule has 0 saturated carbocycles. The van der Waals surface area contributed by atoms with Crippen molar-refractivity contribution in [2.24, 2.45) is 4.99 Å². The summed E-state index contributed by atoms with van der Waals surface area (Å²) < 4.78 is 0. The number of hydrogen-bond acceptors (Lipinski definition) is 3. The number of piperidine rings is 1. The lowest BCUT2D eigenvalue weighted by molar-refractivity contribution is 0.206. The molecule has 5 nitrogen and oxygen atoms in total. The molecule has 1 aliphatic rings. The molecule has 1 fully saturated rings. The Bertz CT molecular complexity index is 530. The monoisotopic (exact) mass is 359 g/mol. The van der Waals surface area contributed by atoms with Crippen LogP contribution in [0.2, 0.25) is 0 Å². The highest BCUT2D eigenvalue weighted by atomic mass is 15.2. The first-order valence-corrected chi connectivity index (χ1v) is 10.1. The van der Waals surface area contributed by atoms with Crippen LogP contribution in [0.15, 0.2) is 29.3 Å². The Morgan fingerprint density at radius 1 is 1.19 bits per heavy atom. The van der Waals surface area contributed by atoms with E-state index in [9.17, 15) is 0 Å². The van der Waals surface area contributed by atoms with Crippen molar-refractivity contribution in [3.8, 4) is 0 Å². The minimum absolute atomic E-state index is 0.549. The van der Waals surface area contributed by atoms with E-state index in [1.807, 2.05) is 7.05 Å². The summed E-state index contributed by atoms with van der Waals surface area (Å²) in [6.07, 6.45) is 5.86. The van der Waals surface area contributed by atoms with Gasteiger partial charge in [-0.25, -0.2) is 0 Å². The number of aliphatic imine (C=N–C) groups is 1. The molecule has 2 N–H and O–H groups in total. The van der Waals surface area contributed by atoms with Gasteiger partial charge in [-0.05, 0) is 56.3 Å². The molecular formula is C21H37N5. The number of nitrogens with zero attached hydrogens (tertiary/aromatic N) is 3. The molecule has 26 heavy (non-hydrogen) atoms. The number of hydrogen-bond donors (Lipinski definition) is 2. The van der Waals surface area contributed by atoms with Crippen LogP contribution < -0.4 is 15.5 Å². The van der Waals surface area contributed by atoms with Crippen molar-refractivity contribution in [3.63, 3.8) is 0 Å². The molecule has 1 aromatic rings. The van der Waals surface area contributed by atoms with Crippen LogP contribution in [-0.4, -0.2) is 64.2 Å². The third-order valence-electron chi connectivity index (χ3n) is 5.08. The van der Waals surface area contributed by atoms with Gasteiger partial charge >= 0.3 is 0 Å². The minimum Gasteiger partial charge on any atom is -0.378 e. The number of anilines is 1. The molecule has 0 unspecified atom stereocenters. The van der Waals surface area contributed by atoms with Gasteiger partial charge in [0, 0.05) is 52.5 Å². The first kappa shape index (κ1) is 20.6. The van der Waals surface area contributed by atoms with E-state index in [1.54, 1.807) is 0 Å². The fraction of sp³-hybridized carbons (Fsp3) is 0.667. The van der Waals surface area contributed by atoms with Crippen molar-refractivity contribution in [3.05, 3.63) is 29.8 Å². The fourth-order valence-electron chi connectivity index (χ4n) is 3.47. The van der Waals surface area contributed by atoms with E-state index < -0.39 is 0 Å². The van der Waals surface area contributed by atoms with Gasteiger partial charge in [-0.15, -0.1) is 0 Å². The zero-order chi connectivity index (χ0) is 18.8. The van der Waals surface area contributed by atoms with Crippen LogP contribution in [0.5, 0.6) is 0 Å². The quantitative estimate of drug-likeness (QED) is 0.425. The number of rotatable bonds is 8.